The van der Waals surface area contributed by atoms with Gasteiger partial charge in [-0.3, -0.25) is 0 Å². The van der Waals surface area contributed by atoms with Gasteiger partial charge in [-0.25, -0.2) is 4.79 Å². The number of carbonyl (C=O) groups is 1. The molecule has 0 bridgehead atoms. The molecule has 1 aliphatic carbocycles. The van der Waals surface area contributed by atoms with Gasteiger partial charge in [-0.2, -0.15) is 0 Å². The van der Waals surface area contributed by atoms with Gasteiger partial charge in [0, 0.05) is 19.1 Å². The van der Waals surface area contributed by atoms with Crippen LogP contribution in [0.15, 0.2) is 0 Å². The van der Waals surface area contributed by atoms with Crippen molar-refractivity contribution in [2.24, 2.45) is 11.8 Å². The third kappa shape index (κ3) is 2.89. The quantitative estimate of drug-likeness (QED) is 0.729. The van der Waals surface area contributed by atoms with Gasteiger partial charge in [0.25, 0.3) is 0 Å². The summed E-state index contributed by atoms with van der Waals surface area (Å²) in [7, 11) is 0. The number of likely N-dealkylation sites (tertiary alicyclic amines) is 1. The van der Waals surface area contributed by atoms with E-state index in [2.05, 4.69) is 19.2 Å². The van der Waals surface area contributed by atoms with Crippen LogP contribution in [0.4, 0.5) is 4.79 Å². The van der Waals surface area contributed by atoms with Crippen LogP contribution in [0.5, 0.6) is 0 Å². The number of nitrogens with one attached hydrogen (secondary N) is 1. The number of urea groups is 1. The molecule has 2 fully saturated rings. The molecule has 2 rings (SSSR count). The minimum atomic E-state index is 0.172. The topological polar surface area (TPSA) is 32.3 Å². The number of piperidine rings is 1. The molecule has 92 valence electrons. The Hall–Kier alpha value is -0.730. The Morgan fingerprint density at radius 3 is 2.25 bits per heavy atom. The van der Waals surface area contributed by atoms with Gasteiger partial charge in [0.2, 0.25) is 0 Å². The van der Waals surface area contributed by atoms with E-state index in [1.54, 1.807) is 0 Å². The molecule has 1 aliphatic heterocycles. The van der Waals surface area contributed by atoms with E-state index in [0.717, 1.165) is 13.1 Å². The zero-order valence-electron chi connectivity index (χ0n) is 10.5. The summed E-state index contributed by atoms with van der Waals surface area (Å²) in [5, 5.41) is 3.18. The first kappa shape index (κ1) is 11.7. The van der Waals surface area contributed by atoms with Crippen molar-refractivity contribution in [1.29, 1.82) is 0 Å². The summed E-state index contributed by atoms with van der Waals surface area (Å²) in [6.45, 7) is 6.35. The lowest BCUT2D eigenvalue weighted by Gasteiger charge is -2.35. The van der Waals surface area contributed by atoms with Crippen LogP contribution >= 0.6 is 0 Å². The number of amides is 2. The Labute approximate surface area is 98.6 Å². The summed E-state index contributed by atoms with van der Waals surface area (Å²) < 4.78 is 0. The van der Waals surface area contributed by atoms with Crippen molar-refractivity contribution in [3.05, 3.63) is 0 Å². The fraction of sp³-hybridized carbons (Fsp3) is 0.923. The monoisotopic (exact) mass is 224 g/mol. The van der Waals surface area contributed by atoms with Crippen molar-refractivity contribution in [2.45, 2.75) is 52.0 Å². The zero-order chi connectivity index (χ0) is 11.5. The van der Waals surface area contributed by atoms with Crippen molar-refractivity contribution in [1.82, 2.24) is 10.2 Å². The van der Waals surface area contributed by atoms with Gasteiger partial charge in [-0.15, -0.1) is 0 Å². The molecule has 2 aliphatic rings. The molecule has 0 spiro atoms. The van der Waals surface area contributed by atoms with Gasteiger partial charge in [-0.1, -0.05) is 26.7 Å². The maximum Gasteiger partial charge on any atom is 0.317 e. The number of hydrogen-bond donors (Lipinski definition) is 1. The summed E-state index contributed by atoms with van der Waals surface area (Å²) >= 11 is 0. The molecular weight excluding hydrogens is 200 g/mol. The molecule has 0 aromatic carbocycles. The summed E-state index contributed by atoms with van der Waals surface area (Å²) in [5.74, 6) is 1.30. The van der Waals surface area contributed by atoms with Crippen LogP contribution in [-0.2, 0) is 0 Å². The average Bonchev–Trinajstić information content (AvgIpc) is 2.68. The van der Waals surface area contributed by atoms with Gasteiger partial charge < -0.3 is 10.2 Å². The summed E-state index contributed by atoms with van der Waals surface area (Å²) in [6, 6.07) is 0.616. The van der Waals surface area contributed by atoms with Crippen LogP contribution in [0.1, 0.15) is 46.0 Å². The van der Waals surface area contributed by atoms with Gasteiger partial charge >= 0.3 is 6.03 Å². The van der Waals surface area contributed by atoms with Gasteiger partial charge in [-0.05, 0) is 31.1 Å². The highest BCUT2D eigenvalue weighted by atomic mass is 16.2. The number of carbonyl (C=O) groups excluding carboxylic acids is 1. The van der Waals surface area contributed by atoms with Crippen LogP contribution in [-0.4, -0.2) is 30.1 Å². The molecule has 3 nitrogen and oxygen atoms in total. The molecule has 1 heterocycles. The van der Waals surface area contributed by atoms with Gasteiger partial charge in [0.05, 0.1) is 0 Å². The van der Waals surface area contributed by atoms with Crippen LogP contribution in [0.25, 0.3) is 0 Å². The number of nitrogens with zero attached hydrogens (tertiary/aromatic N) is 1. The van der Waals surface area contributed by atoms with Crippen molar-refractivity contribution < 1.29 is 4.79 Å². The van der Waals surface area contributed by atoms with Crippen LogP contribution in [0.3, 0.4) is 0 Å². The van der Waals surface area contributed by atoms with E-state index < -0.39 is 0 Å². The molecule has 0 aromatic rings. The standard InChI is InChI=1S/C13H24N2O/c1-10-7-11(2)9-15(8-10)13(16)14-12-5-3-4-6-12/h10-12H,3-9H2,1-2H3,(H,14,16). The predicted octanol–water partition coefficient (Wildman–Crippen LogP) is 2.62. The van der Waals surface area contributed by atoms with Crippen molar-refractivity contribution >= 4 is 6.03 Å². The van der Waals surface area contributed by atoms with Crippen molar-refractivity contribution in [3.8, 4) is 0 Å². The molecule has 1 N–H and O–H groups in total. The SMILES string of the molecule is CC1CC(C)CN(C(=O)NC2CCCC2)C1. The second kappa shape index (κ2) is 5.07. The Morgan fingerprint density at radius 2 is 1.69 bits per heavy atom. The van der Waals surface area contributed by atoms with Crippen molar-refractivity contribution in [3.63, 3.8) is 0 Å². The molecule has 2 amide bonds. The highest BCUT2D eigenvalue weighted by molar-refractivity contribution is 5.74. The lowest BCUT2D eigenvalue weighted by Crippen LogP contribution is -2.49. The van der Waals surface area contributed by atoms with Crippen LogP contribution in [0, 0.1) is 11.8 Å². The first-order chi connectivity index (χ1) is 7.65. The third-order valence-corrected chi connectivity index (χ3v) is 3.84. The molecule has 2 atom stereocenters. The highest BCUT2D eigenvalue weighted by Gasteiger charge is 2.27. The molecule has 0 aromatic heterocycles. The Kier molecular flexibility index (Phi) is 3.72. The van der Waals surface area contributed by atoms with Crippen LogP contribution < -0.4 is 5.32 Å². The van der Waals surface area contributed by atoms with E-state index in [9.17, 15) is 4.79 Å². The molecule has 1 saturated carbocycles. The van der Waals surface area contributed by atoms with E-state index in [-0.39, 0.29) is 6.03 Å². The molecule has 1 saturated heterocycles. The maximum absolute atomic E-state index is 12.1. The third-order valence-electron chi connectivity index (χ3n) is 3.84. The average molecular weight is 224 g/mol. The largest absolute Gasteiger partial charge is 0.335 e. The summed E-state index contributed by atoms with van der Waals surface area (Å²) in [4.78, 5) is 14.1. The van der Waals surface area contributed by atoms with E-state index in [0.29, 0.717) is 17.9 Å². The Morgan fingerprint density at radius 1 is 1.12 bits per heavy atom. The van der Waals surface area contributed by atoms with E-state index >= 15 is 0 Å². The molecule has 3 heteroatoms. The van der Waals surface area contributed by atoms with E-state index in [1.807, 2.05) is 4.90 Å². The lowest BCUT2D eigenvalue weighted by atomic mass is 9.92. The first-order valence-electron chi connectivity index (χ1n) is 6.70. The molecule has 0 radical (unpaired) electrons. The van der Waals surface area contributed by atoms with Crippen molar-refractivity contribution in [2.75, 3.05) is 13.1 Å². The second-order valence-electron chi connectivity index (χ2n) is 5.78. The minimum absolute atomic E-state index is 0.172. The lowest BCUT2D eigenvalue weighted by molar-refractivity contribution is 0.143. The van der Waals surface area contributed by atoms with E-state index in [4.69, 9.17) is 0 Å². The molecule has 16 heavy (non-hydrogen) atoms. The maximum atomic E-state index is 12.1. The Balaban J connectivity index is 1.83. The normalized spacial score (nSPS) is 31.8. The fourth-order valence-electron chi connectivity index (χ4n) is 3.16. The highest BCUT2D eigenvalue weighted by Crippen LogP contribution is 2.22. The fourth-order valence-corrected chi connectivity index (χ4v) is 3.16. The summed E-state index contributed by atoms with van der Waals surface area (Å²) in [6.07, 6.45) is 6.15. The van der Waals surface area contributed by atoms with Gasteiger partial charge in [0.15, 0.2) is 0 Å². The zero-order valence-corrected chi connectivity index (χ0v) is 10.5. The number of rotatable bonds is 1. The molecular formula is C13H24N2O. The smallest absolute Gasteiger partial charge is 0.317 e. The number of hydrogen-bond acceptors (Lipinski definition) is 1. The predicted molar refractivity (Wildman–Crippen MR) is 65.3 cm³/mol. The molecule has 2 unspecified atom stereocenters. The summed E-state index contributed by atoms with van der Waals surface area (Å²) in [5.41, 5.74) is 0. The Bertz CT molecular complexity index is 238. The minimum Gasteiger partial charge on any atom is -0.335 e. The van der Waals surface area contributed by atoms with Crippen LogP contribution in [0.2, 0.25) is 0 Å². The van der Waals surface area contributed by atoms with E-state index in [1.165, 1.54) is 32.1 Å². The second-order valence-corrected chi connectivity index (χ2v) is 5.78. The first-order valence-corrected chi connectivity index (χ1v) is 6.70. The van der Waals surface area contributed by atoms with Gasteiger partial charge in [0.1, 0.15) is 0 Å².